The summed E-state index contributed by atoms with van der Waals surface area (Å²) in [7, 11) is 3.08. The van der Waals surface area contributed by atoms with Crippen molar-refractivity contribution in [2.45, 2.75) is 31.0 Å². The average molecular weight is 381 g/mol. The normalized spacial score (nSPS) is 22.5. The number of carbonyl (C=O) groups excluding carboxylic acids is 2. The van der Waals surface area contributed by atoms with Crippen LogP contribution in [0.5, 0.6) is 0 Å². The van der Waals surface area contributed by atoms with Gasteiger partial charge in [-0.05, 0) is 5.56 Å². The zero-order valence-electron chi connectivity index (χ0n) is 15.6. The summed E-state index contributed by atoms with van der Waals surface area (Å²) in [5, 5.41) is 0. The minimum atomic E-state index is -2.90. The van der Waals surface area contributed by atoms with Gasteiger partial charge in [-0.3, -0.25) is 14.5 Å². The van der Waals surface area contributed by atoms with Crippen LogP contribution in [0.4, 0.5) is 8.78 Å². The molecule has 3 rings (SSSR count). The van der Waals surface area contributed by atoms with Crippen LogP contribution in [0.25, 0.3) is 0 Å². The van der Waals surface area contributed by atoms with E-state index in [0.29, 0.717) is 19.6 Å². The molecule has 8 heteroatoms. The van der Waals surface area contributed by atoms with Crippen molar-refractivity contribution in [2.75, 3.05) is 40.4 Å². The molecule has 27 heavy (non-hydrogen) atoms. The van der Waals surface area contributed by atoms with E-state index in [-0.39, 0.29) is 24.5 Å². The van der Waals surface area contributed by atoms with Gasteiger partial charge < -0.3 is 14.5 Å². The van der Waals surface area contributed by atoms with Crippen LogP contribution in [0.3, 0.4) is 0 Å². The van der Waals surface area contributed by atoms with Gasteiger partial charge in [0.2, 0.25) is 11.8 Å². The number of likely N-dealkylation sites (tertiary alicyclic amines) is 2. The maximum absolute atomic E-state index is 14.1. The minimum Gasteiger partial charge on any atom is -0.375 e. The van der Waals surface area contributed by atoms with Gasteiger partial charge in [-0.2, -0.15) is 0 Å². The lowest BCUT2D eigenvalue weighted by molar-refractivity contribution is -0.145. The molecule has 1 aromatic rings. The summed E-state index contributed by atoms with van der Waals surface area (Å²) in [6.07, 6.45) is -0.479. The molecule has 2 heterocycles. The molecule has 2 aliphatic rings. The van der Waals surface area contributed by atoms with Crippen molar-refractivity contribution in [1.82, 2.24) is 14.7 Å². The van der Waals surface area contributed by atoms with E-state index in [0.717, 1.165) is 5.56 Å². The molecular weight excluding hydrogens is 356 g/mol. The third kappa shape index (κ3) is 4.44. The molecule has 0 bridgehead atoms. The number of nitrogens with zero attached hydrogens (tertiary/aromatic N) is 3. The molecular formula is C19H25F2N3O3. The SMILES string of the molecule is COCC(=O)N1CC(N2CC(F)(F)C[C@H]2C(=O)N(C)Cc2ccccc2)C1. The molecule has 0 N–H and O–H groups in total. The van der Waals surface area contributed by atoms with Crippen LogP contribution in [0.1, 0.15) is 12.0 Å². The van der Waals surface area contributed by atoms with Gasteiger partial charge in [-0.15, -0.1) is 0 Å². The number of amides is 2. The number of alkyl halides is 2. The van der Waals surface area contributed by atoms with Crippen LogP contribution in [0.2, 0.25) is 0 Å². The smallest absolute Gasteiger partial charge is 0.262 e. The first-order chi connectivity index (χ1) is 12.8. The Kier molecular flexibility index (Phi) is 5.76. The molecule has 148 valence electrons. The van der Waals surface area contributed by atoms with Crippen molar-refractivity contribution in [3.05, 3.63) is 35.9 Å². The van der Waals surface area contributed by atoms with Crippen LogP contribution in [-0.4, -0.2) is 84.9 Å². The van der Waals surface area contributed by atoms with E-state index in [1.54, 1.807) is 16.8 Å². The summed E-state index contributed by atoms with van der Waals surface area (Å²) in [4.78, 5) is 29.3. The first kappa shape index (κ1) is 19.7. The Bertz CT molecular complexity index is 680. The van der Waals surface area contributed by atoms with Gasteiger partial charge in [-0.1, -0.05) is 30.3 Å². The molecule has 2 fully saturated rings. The lowest BCUT2D eigenvalue weighted by Crippen LogP contribution is -2.64. The quantitative estimate of drug-likeness (QED) is 0.744. The number of rotatable bonds is 6. The van der Waals surface area contributed by atoms with Crippen molar-refractivity contribution in [1.29, 1.82) is 0 Å². The van der Waals surface area contributed by atoms with Crippen LogP contribution in [-0.2, 0) is 20.9 Å². The largest absolute Gasteiger partial charge is 0.375 e. The van der Waals surface area contributed by atoms with Gasteiger partial charge in [-0.25, -0.2) is 8.78 Å². The van der Waals surface area contributed by atoms with E-state index in [1.807, 2.05) is 30.3 Å². The fraction of sp³-hybridized carbons (Fsp3) is 0.579. The highest BCUT2D eigenvalue weighted by Crippen LogP contribution is 2.36. The molecule has 6 nitrogen and oxygen atoms in total. The average Bonchev–Trinajstić information content (AvgIpc) is 2.89. The van der Waals surface area contributed by atoms with Gasteiger partial charge >= 0.3 is 0 Å². The summed E-state index contributed by atoms with van der Waals surface area (Å²) in [5.41, 5.74) is 0.949. The third-order valence-electron chi connectivity index (χ3n) is 5.18. The first-order valence-corrected chi connectivity index (χ1v) is 9.00. The van der Waals surface area contributed by atoms with E-state index < -0.39 is 24.9 Å². The second kappa shape index (κ2) is 7.90. The van der Waals surface area contributed by atoms with Crippen LogP contribution in [0, 0.1) is 0 Å². The van der Waals surface area contributed by atoms with Crippen LogP contribution >= 0.6 is 0 Å². The van der Waals surface area contributed by atoms with E-state index in [1.165, 1.54) is 12.0 Å². The van der Waals surface area contributed by atoms with E-state index >= 15 is 0 Å². The molecule has 0 saturated carbocycles. The van der Waals surface area contributed by atoms with Gasteiger partial charge in [0.25, 0.3) is 5.92 Å². The lowest BCUT2D eigenvalue weighted by Gasteiger charge is -2.45. The molecule has 0 aromatic heterocycles. The minimum absolute atomic E-state index is 0.0228. The number of carbonyl (C=O) groups is 2. The number of benzene rings is 1. The molecule has 2 aliphatic heterocycles. The van der Waals surface area contributed by atoms with E-state index in [9.17, 15) is 18.4 Å². The Labute approximate surface area is 157 Å². The number of ether oxygens (including phenoxy) is 1. The standard InChI is InChI=1S/C19H25F2N3O3/c1-22(9-14-6-4-3-5-7-14)18(26)16-8-19(20,21)13-24(16)15-10-23(11-15)17(25)12-27-2/h3-7,15-16H,8-13H2,1-2H3/t16-/m0/s1. The zero-order chi connectivity index (χ0) is 19.6. The van der Waals surface area contributed by atoms with Crippen LogP contribution in [0.15, 0.2) is 30.3 Å². The van der Waals surface area contributed by atoms with Gasteiger partial charge in [0.15, 0.2) is 0 Å². The highest BCUT2D eigenvalue weighted by molar-refractivity contribution is 5.82. The Hall–Kier alpha value is -2.06. The maximum atomic E-state index is 14.1. The molecule has 0 unspecified atom stereocenters. The summed E-state index contributed by atoms with van der Waals surface area (Å²) < 4.78 is 33.0. The third-order valence-corrected chi connectivity index (χ3v) is 5.18. The fourth-order valence-corrected chi connectivity index (χ4v) is 3.73. The number of hydrogen-bond donors (Lipinski definition) is 0. The van der Waals surface area contributed by atoms with Crippen molar-refractivity contribution in [3.63, 3.8) is 0 Å². The maximum Gasteiger partial charge on any atom is 0.262 e. The van der Waals surface area contributed by atoms with E-state index in [2.05, 4.69) is 0 Å². The predicted octanol–water partition coefficient (Wildman–Crippen LogP) is 1.21. The topological polar surface area (TPSA) is 53.1 Å². The zero-order valence-corrected chi connectivity index (χ0v) is 15.6. The fourth-order valence-electron chi connectivity index (χ4n) is 3.73. The molecule has 0 aliphatic carbocycles. The number of hydrogen-bond acceptors (Lipinski definition) is 4. The Morgan fingerprint density at radius 2 is 1.93 bits per heavy atom. The van der Waals surface area contributed by atoms with Gasteiger partial charge in [0.1, 0.15) is 6.61 Å². The second-order valence-electron chi connectivity index (χ2n) is 7.31. The van der Waals surface area contributed by atoms with Crippen molar-refractivity contribution in [3.8, 4) is 0 Å². The highest BCUT2D eigenvalue weighted by Gasteiger charge is 2.53. The second-order valence-corrected chi connectivity index (χ2v) is 7.31. The highest BCUT2D eigenvalue weighted by atomic mass is 19.3. The summed E-state index contributed by atoms with van der Waals surface area (Å²) in [5.74, 6) is -3.37. The van der Waals surface area contributed by atoms with Crippen molar-refractivity contribution in [2.24, 2.45) is 0 Å². The molecule has 2 saturated heterocycles. The number of likely N-dealkylation sites (N-methyl/N-ethyl adjacent to an activating group) is 1. The van der Waals surface area contributed by atoms with Crippen molar-refractivity contribution < 1.29 is 23.1 Å². The Balaban J connectivity index is 1.64. The summed E-state index contributed by atoms with van der Waals surface area (Å²) >= 11 is 0. The van der Waals surface area contributed by atoms with Crippen LogP contribution < -0.4 is 0 Å². The first-order valence-electron chi connectivity index (χ1n) is 9.00. The van der Waals surface area contributed by atoms with Crippen molar-refractivity contribution >= 4 is 11.8 Å². The number of halogens is 2. The van der Waals surface area contributed by atoms with Gasteiger partial charge in [0.05, 0.1) is 12.6 Å². The molecule has 0 spiro atoms. The molecule has 1 atom stereocenters. The van der Waals surface area contributed by atoms with Gasteiger partial charge in [0, 0.05) is 46.3 Å². The summed E-state index contributed by atoms with van der Waals surface area (Å²) in [6, 6.07) is 8.36. The Morgan fingerprint density at radius 1 is 1.26 bits per heavy atom. The molecule has 0 radical (unpaired) electrons. The monoisotopic (exact) mass is 381 g/mol. The van der Waals surface area contributed by atoms with E-state index in [4.69, 9.17) is 4.74 Å². The summed E-state index contributed by atoms with van der Waals surface area (Å²) in [6.45, 7) is 0.609. The lowest BCUT2D eigenvalue weighted by atomic mass is 10.0. The molecule has 1 aromatic carbocycles. The predicted molar refractivity (Wildman–Crippen MR) is 95.2 cm³/mol. The number of methoxy groups -OCH3 is 1. The molecule has 2 amide bonds. The Morgan fingerprint density at radius 3 is 2.56 bits per heavy atom.